The lowest BCUT2D eigenvalue weighted by Crippen LogP contribution is -2.23. The Balaban J connectivity index is 1.96. The Bertz CT molecular complexity index is 548. The number of hydrogen-bond acceptors (Lipinski definition) is 2. The van der Waals surface area contributed by atoms with Crippen molar-refractivity contribution >= 4 is 49.0 Å². The maximum atomic E-state index is 6.62. The number of halogens is 2. The van der Waals surface area contributed by atoms with Crippen LogP contribution in [0.5, 0.6) is 0 Å². The second-order valence-electron chi connectivity index (χ2n) is 4.61. The van der Waals surface area contributed by atoms with Gasteiger partial charge in [-0.1, -0.05) is 12.1 Å². The van der Waals surface area contributed by atoms with Gasteiger partial charge in [-0.2, -0.15) is 0 Å². The first-order chi connectivity index (χ1) is 8.77. The van der Waals surface area contributed by atoms with Crippen LogP contribution in [0.25, 0.3) is 10.1 Å². The molecule has 0 amide bonds. The average Bonchev–Trinajstić information content (AvgIpc) is 2.84. The van der Waals surface area contributed by atoms with Crippen LogP contribution >= 0.6 is 38.9 Å². The van der Waals surface area contributed by atoms with E-state index in [9.17, 15) is 0 Å². The van der Waals surface area contributed by atoms with Crippen molar-refractivity contribution in [3.05, 3.63) is 33.6 Å². The number of hydrogen-bond donors (Lipinski definition) is 0. The second-order valence-corrected chi connectivity index (χ2v) is 6.82. The molecule has 0 bridgehead atoms. The first-order valence-corrected chi connectivity index (χ1v) is 8.29. The fraction of sp³-hybridized carbons (Fsp3) is 0.429. The topological polar surface area (TPSA) is 9.23 Å². The van der Waals surface area contributed by atoms with Gasteiger partial charge in [-0.3, -0.25) is 0 Å². The third-order valence-corrected chi connectivity index (χ3v) is 5.91. The minimum absolute atomic E-state index is 0.0339. The molecule has 1 aliphatic rings. The number of alkyl halides is 1. The summed E-state index contributed by atoms with van der Waals surface area (Å²) in [6.07, 6.45) is 3.62. The summed E-state index contributed by atoms with van der Waals surface area (Å²) >= 11 is 12.0. The Labute approximate surface area is 124 Å². The van der Waals surface area contributed by atoms with E-state index in [4.69, 9.17) is 16.3 Å². The van der Waals surface area contributed by atoms with E-state index in [0.717, 1.165) is 23.9 Å². The smallest absolute Gasteiger partial charge is 0.0861 e. The molecule has 2 unspecified atom stereocenters. The summed E-state index contributed by atoms with van der Waals surface area (Å²) in [6.45, 7) is 0.847. The Hall–Kier alpha value is -0.0900. The van der Waals surface area contributed by atoms with Crippen molar-refractivity contribution in [2.24, 2.45) is 0 Å². The van der Waals surface area contributed by atoms with Gasteiger partial charge in [0.2, 0.25) is 0 Å². The monoisotopic (exact) mass is 344 g/mol. The van der Waals surface area contributed by atoms with Crippen molar-refractivity contribution in [2.45, 2.75) is 30.7 Å². The molecule has 0 radical (unpaired) electrons. The molecule has 0 spiro atoms. The van der Waals surface area contributed by atoms with Crippen molar-refractivity contribution in [3.63, 3.8) is 0 Å². The van der Waals surface area contributed by atoms with Crippen LogP contribution in [0.15, 0.2) is 28.1 Å². The van der Waals surface area contributed by atoms with Crippen molar-refractivity contribution in [3.8, 4) is 0 Å². The normalized spacial score (nSPS) is 22.2. The van der Waals surface area contributed by atoms with E-state index in [0.29, 0.717) is 0 Å². The maximum Gasteiger partial charge on any atom is 0.0861 e. The predicted molar refractivity (Wildman–Crippen MR) is 81.7 cm³/mol. The molecule has 18 heavy (non-hydrogen) atoms. The first kappa shape index (κ1) is 12.9. The minimum atomic E-state index is -0.0339. The lowest BCUT2D eigenvalue weighted by Gasteiger charge is -2.26. The molecule has 96 valence electrons. The SMILES string of the molecule is ClC(c1csc2c(Br)cccc12)C1CCCCO1. The fourth-order valence-electron chi connectivity index (χ4n) is 2.45. The molecular formula is C14H14BrClOS. The van der Waals surface area contributed by atoms with Crippen molar-refractivity contribution in [1.82, 2.24) is 0 Å². The third kappa shape index (κ3) is 2.34. The largest absolute Gasteiger partial charge is 0.376 e. The van der Waals surface area contributed by atoms with Gasteiger partial charge in [0.1, 0.15) is 0 Å². The Kier molecular flexibility index (Phi) is 3.94. The van der Waals surface area contributed by atoms with Crippen molar-refractivity contribution in [1.29, 1.82) is 0 Å². The summed E-state index contributed by atoms with van der Waals surface area (Å²) in [5.74, 6) is 0. The van der Waals surface area contributed by atoms with E-state index in [-0.39, 0.29) is 11.5 Å². The molecule has 1 saturated heterocycles. The highest BCUT2D eigenvalue weighted by Gasteiger charge is 2.26. The van der Waals surface area contributed by atoms with Crippen LogP contribution < -0.4 is 0 Å². The summed E-state index contributed by atoms with van der Waals surface area (Å²) in [5, 5.41) is 3.39. The average molecular weight is 346 g/mol. The van der Waals surface area contributed by atoms with Crippen LogP contribution in [0.3, 0.4) is 0 Å². The zero-order chi connectivity index (χ0) is 12.5. The van der Waals surface area contributed by atoms with E-state index in [2.05, 4.69) is 39.5 Å². The Morgan fingerprint density at radius 2 is 2.28 bits per heavy atom. The molecule has 2 aromatic rings. The zero-order valence-corrected chi connectivity index (χ0v) is 13.0. The number of fused-ring (bicyclic) bond motifs is 1. The summed E-state index contributed by atoms with van der Waals surface area (Å²) in [6, 6.07) is 6.28. The number of rotatable bonds is 2. The summed E-state index contributed by atoms with van der Waals surface area (Å²) in [7, 11) is 0. The highest BCUT2D eigenvalue weighted by atomic mass is 79.9. The quantitative estimate of drug-likeness (QED) is 0.652. The molecule has 2 heterocycles. The summed E-state index contributed by atoms with van der Waals surface area (Å²) in [5.41, 5.74) is 1.21. The van der Waals surface area contributed by atoms with Gasteiger partial charge in [0.05, 0.1) is 11.5 Å². The number of benzene rings is 1. The van der Waals surface area contributed by atoms with Gasteiger partial charge in [-0.05, 0) is 57.6 Å². The van der Waals surface area contributed by atoms with E-state index in [1.807, 2.05) is 0 Å². The first-order valence-electron chi connectivity index (χ1n) is 6.18. The Morgan fingerprint density at radius 3 is 3.06 bits per heavy atom. The predicted octanol–water partition coefficient (Wildman–Crippen LogP) is 5.51. The van der Waals surface area contributed by atoms with E-state index >= 15 is 0 Å². The standard InChI is InChI=1S/C14H14BrClOS/c15-11-5-3-4-9-10(8-18-14(9)11)13(16)12-6-1-2-7-17-12/h3-5,8,12-13H,1-2,6-7H2. The molecule has 1 nitrogen and oxygen atoms in total. The fourth-order valence-corrected chi connectivity index (χ4v) is 4.56. The Morgan fingerprint density at radius 1 is 1.39 bits per heavy atom. The molecule has 3 rings (SSSR count). The molecule has 1 aliphatic heterocycles. The van der Waals surface area contributed by atoms with E-state index < -0.39 is 0 Å². The second kappa shape index (κ2) is 5.49. The zero-order valence-electron chi connectivity index (χ0n) is 9.86. The molecule has 1 aromatic heterocycles. The van der Waals surface area contributed by atoms with Gasteiger partial charge < -0.3 is 4.74 Å². The van der Waals surface area contributed by atoms with Gasteiger partial charge in [-0.15, -0.1) is 22.9 Å². The molecule has 2 atom stereocenters. The van der Waals surface area contributed by atoms with Crippen LogP contribution in [0.1, 0.15) is 30.2 Å². The van der Waals surface area contributed by atoms with Gasteiger partial charge >= 0.3 is 0 Å². The van der Waals surface area contributed by atoms with Gasteiger partial charge in [0.25, 0.3) is 0 Å². The summed E-state index contributed by atoms with van der Waals surface area (Å²) in [4.78, 5) is 0. The van der Waals surface area contributed by atoms with Crippen LogP contribution in [0.2, 0.25) is 0 Å². The van der Waals surface area contributed by atoms with Crippen LogP contribution in [0.4, 0.5) is 0 Å². The highest BCUT2D eigenvalue weighted by Crippen LogP contribution is 2.40. The van der Waals surface area contributed by atoms with Crippen molar-refractivity contribution < 1.29 is 4.74 Å². The molecule has 0 N–H and O–H groups in total. The lowest BCUT2D eigenvalue weighted by atomic mass is 10.0. The van der Waals surface area contributed by atoms with Crippen LogP contribution in [0, 0.1) is 0 Å². The van der Waals surface area contributed by atoms with Gasteiger partial charge in [0, 0.05) is 15.8 Å². The number of thiophene rings is 1. The molecular weight excluding hydrogens is 332 g/mol. The van der Waals surface area contributed by atoms with Crippen LogP contribution in [-0.2, 0) is 4.74 Å². The highest BCUT2D eigenvalue weighted by molar-refractivity contribution is 9.10. The summed E-state index contributed by atoms with van der Waals surface area (Å²) < 4.78 is 8.22. The van der Waals surface area contributed by atoms with Gasteiger partial charge in [-0.25, -0.2) is 0 Å². The number of ether oxygens (including phenoxy) is 1. The van der Waals surface area contributed by atoms with E-state index in [1.54, 1.807) is 11.3 Å². The molecule has 0 saturated carbocycles. The molecule has 4 heteroatoms. The van der Waals surface area contributed by atoms with Crippen LogP contribution in [-0.4, -0.2) is 12.7 Å². The molecule has 1 fully saturated rings. The lowest BCUT2D eigenvalue weighted by molar-refractivity contribution is 0.0138. The molecule has 0 aliphatic carbocycles. The minimum Gasteiger partial charge on any atom is -0.376 e. The third-order valence-electron chi connectivity index (χ3n) is 3.42. The maximum absolute atomic E-state index is 6.62. The molecule has 1 aromatic carbocycles. The van der Waals surface area contributed by atoms with Crippen molar-refractivity contribution in [2.75, 3.05) is 6.61 Å². The van der Waals surface area contributed by atoms with E-state index in [1.165, 1.54) is 22.1 Å². The van der Waals surface area contributed by atoms with Gasteiger partial charge in [0.15, 0.2) is 0 Å².